The summed E-state index contributed by atoms with van der Waals surface area (Å²) in [5.74, 6) is 0.112. The summed E-state index contributed by atoms with van der Waals surface area (Å²) in [4.78, 5) is 12.9. The molecular weight excluding hydrogens is 178 g/mol. The van der Waals surface area contributed by atoms with Crippen molar-refractivity contribution in [3.05, 3.63) is 0 Å². The molecule has 0 unspecified atom stereocenters. The van der Waals surface area contributed by atoms with Crippen molar-refractivity contribution in [1.29, 1.82) is 0 Å². The van der Waals surface area contributed by atoms with Gasteiger partial charge in [-0.3, -0.25) is 4.79 Å². The van der Waals surface area contributed by atoms with Crippen molar-refractivity contribution in [2.45, 2.75) is 46.1 Å². The van der Waals surface area contributed by atoms with Gasteiger partial charge in [-0.25, -0.2) is 0 Å². The van der Waals surface area contributed by atoms with E-state index in [1.165, 1.54) is 0 Å². The molecule has 1 aliphatic rings. The van der Waals surface area contributed by atoms with Crippen LogP contribution in [0.3, 0.4) is 0 Å². The third kappa shape index (κ3) is 2.08. The van der Waals surface area contributed by atoms with Crippen LogP contribution in [0.5, 0.6) is 0 Å². The van der Waals surface area contributed by atoms with Crippen molar-refractivity contribution in [1.82, 2.24) is 4.90 Å². The first kappa shape index (κ1) is 11.5. The third-order valence-electron chi connectivity index (χ3n) is 3.43. The largest absolute Gasteiger partial charge is 0.389 e. The maximum absolute atomic E-state index is 11.1. The van der Waals surface area contributed by atoms with Gasteiger partial charge >= 0.3 is 0 Å². The van der Waals surface area contributed by atoms with Crippen LogP contribution in [0, 0.1) is 5.41 Å². The SMILES string of the molecule is CC(=O)N1CCC(O)(C(C)(C)C)CC1. The van der Waals surface area contributed by atoms with E-state index >= 15 is 0 Å². The Bertz CT molecular complexity index is 222. The predicted octanol–water partition coefficient (Wildman–Crippen LogP) is 1.41. The molecule has 1 rings (SSSR count). The highest BCUT2D eigenvalue weighted by molar-refractivity contribution is 5.73. The fraction of sp³-hybridized carbons (Fsp3) is 0.909. The molecule has 3 heteroatoms. The van der Waals surface area contributed by atoms with E-state index in [-0.39, 0.29) is 11.3 Å². The highest BCUT2D eigenvalue weighted by Crippen LogP contribution is 2.38. The molecule has 0 aromatic heterocycles. The van der Waals surface area contributed by atoms with Gasteiger partial charge in [0.05, 0.1) is 5.60 Å². The van der Waals surface area contributed by atoms with E-state index in [1.54, 1.807) is 11.8 Å². The number of likely N-dealkylation sites (tertiary alicyclic amines) is 1. The minimum absolute atomic E-state index is 0.101. The summed E-state index contributed by atoms with van der Waals surface area (Å²) in [5.41, 5.74) is -0.713. The van der Waals surface area contributed by atoms with E-state index < -0.39 is 5.60 Å². The summed E-state index contributed by atoms with van der Waals surface area (Å²) < 4.78 is 0. The lowest BCUT2D eigenvalue weighted by Gasteiger charge is -2.46. The minimum Gasteiger partial charge on any atom is -0.389 e. The van der Waals surface area contributed by atoms with E-state index in [4.69, 9.17) is 0 Å². The van der Waals surface area contributed by atoms with E-state index in [9.17, 15) is 9.90 Å². The van der Waals surface area contributed by atoms with Crippen molar-refractivity contribution in [3.63, 3.8) is 0 Å². The van der Waals surface area contributed by atoms with Crippen LogP contribution >= 0.6 is 0 Å². The average molecular weight is 199 g/mol. The van der Waals surface area contributed by atoms with Crippen molar-refractivity contribution >= 4 is 5.91 Å². The Labute approximate surface area is 86.1 Å². The van der Waals surface area contributed by atoms with Crippen LogP contribution < -0.4 is 0 Å². The lowest BCUT2D eigenvalue weighted by atomic mass is 9.71. The van der Waals surface area contributed by atoms with E-state index in [2.05, 4.69) is 20.8 Å². The van der Waals surface area contributed by atoms with Gasteiger partial charge < -0.3 is 10.0 Å². The number of carbonyl (C=O) groups is 1. The first-order valence-corrected chi connectivity index (χ1v) is 5.24. The number of amides is 1. The molecular formula is C11H21NO2. The molecule has 0 bridgehead atoms. The summed E-state index contributed by atoms with van der Waals surface area (Å²) >= 11 is 0. The molecule has 0 spiro atoms. The van der Waals surface area contributed by atoms with Gasteiger partial charge in [-0.1, -0.05) is 20.8 Å². The Morgan fingerprint density at radius 2 is 1.71 bits per heavy atom. The quantitative estimate of drug-likeness (QED) is 0.640. The monoisotopic (exact) mass is 199 g/mol. The van der Waals surface area contributed by atoms with Crippen LogP contribution in [-0.2, 0) is 4.79 Å². The number of hydrogen-bond acceptors (Lipinski definition) is 2. The smallest absolute Gasteiger partial charge is 0.219 e. The second-order valence-corrected chi connectivity index (χ2v) is 5.29. The van der Waals surface area contributed by atoms with E-state index in [0.717, 1.165) is 0 Å². The fourth-order valence-electron chi connectivity index (χ4n) is 1.94. The molecule has 14 heavy (non-hydrogen) atoms. The van der Waals surface area contributed by atoms with Gasteiger partial charge in [0.15, 0.2) is 0 Å². The van der Waals surface area contributed by atoms with Gasteiger partial charge in [0.1, 0.15) is 0 Å². The zero-order valence-electron chi connectivity index (χ0n) is 9.63. The molecule has 1 aliphatic heterocycles. The number of hydrogen-bond donors (Lipinski definition) is 1. The first-order valence-electron chi connectivity index (χ1n) is 5.24. The van der Waals surface area contributed by atoms with Crippen molar-refractivity contribution in [2.75, 3.05) is 13.1 Å². The molecule has 82 valence electrons. The van der Waals surface area contributed by atoms with Crippen molar-refractivity contribution in [2.24, 2.45) is 5.41 Å². The van der Waals surface area contributed by atoms with Gasteiger partial charge in [0.25, 0.3) is 0 Å². The predicted molar refractivity (Wildman–Crippen MR) is 55.9 cm³/mol. The number of aliphatic hydroxyl groups is 1. The van der Waals surface area contributed by atoms with Gasteiger partial charge in [-0.2, -0.15) is 0 Å². The van der Waals surface area contributed by atoms with Gasteiger partial charge in [0, 0.05) is 20.0 Å². The Balaban J connectivity index is 2.62. The molecule has 1 fully saturated rings. The van der Waals surface area contributed by atoms with E-state index in [1.807, 2.05) is 0 Å². The molecule has 0 saturated carbocycles. The highest BCUT2D eigenvalue weighted by atomic mass is 16.3. The molecule has 0 aromatic carbocycles. The summed E-state index contributed by atoms with van der Waals surface area (Å²) in [7, 11) is 0. The van der Waals surface area contributed by atoms with Gasteiger partial charge in [0.2, 0.25) is 5.91 Å². The van der Waals surface area contributed by atoms with Crippen molar-refractivity contribution < 1.29 is 9.90 Å². The molecule has 0 aliphatic carbocycles. The molecule has 0 radical (unpaired) electrons. The molecule has 1 amide bonds. The molecule has 1 N–H and O–H groups in total. The van der Waals surface area contributed by atoms with Crippen LogP contribution in [0.15, 0.2) is 0 Å². The molecule has 0 atom stereocenters. The second kappa shape index (κ2) is 3.54. The summed E-state index contributed by atoms with van der Waals surface area (Å²) in [6, 6.07) is 0. The first-order chi connectivity index (χ1) is 6.26. The maximum Gasteiger partial charge on any atom is 0.219 e. The maximum atomic E-state index is 11.1. The molecule has 1 heterocycles. The Morgan fingerprint density at radius 3 is 2.00 bits per heavy atom. The topological polar surface area (TPSA) is 40.5 Å². The lowest BCUT2D eigenvalue weighted by Crippen LogP contribution is -2.52. The Kier molecular flexibility index (Phi) is 2.91. The lowest BCUT2D eigenvalue weighted by molar-refractivity contribution is -0.139. The summed E-state index contributed by atoms with van der Waals surface area (Å²) in [5, 5.41) is 10.4. The van der Waals surface area contributed by atoms with Crippen LogP contribution in [-0.4, -0.2) is 34.6 Å². The van der Waals surface area contributed by atoms with Crippen LogP contribution in [0.25, 0.3) is 0 Å². The molecule has 3 nitrogen and oxygen atoms in total. The van der Waals surface area contributed by atoms with Crippen LogP contribution in [0.4, 0.5) is 0 Å². The summed E-state index contributed by atoms with van der Waals surface area (Å²) in [6.07, 6.45) is 1.38. The third-order valence-corrected chi connectivity index (χ3v) is 3.43. The van der Waals surface area contributed by atoms with E-state index in [0.29, 0.717) is 25.9 Å². The van der Waals surface area contributed by atoms with Crippen molar-refractivity contribution in [3.8, 4) is 0 Å². The Morgan fingerprint density at radius 1 is 1.29 bits per heavy atom. The van der Waals surface area contributed by atoms with Crippen LogP contribution in [0.2, 0.25) is 0 Å². The fourth-order valence-corrected chi connectivity index (χ4v) is 1.94. The number of carbonyl (C=O) groups excluding carboxylic acids is 1. The Hall–Kier alpha value is -0.570. The van der Waals surface area contributed by atoms with Crippen LogP contribution in [0.1, 0.15) is 40.5 Å². The standard InChI is InChI=1S/C11H21NO2/c1-9(13)12-7-5-11(14,6-8-12)10(2,3)4/h14H,5-8H2,1-4H3. The minimum atomic E-state index is -0.612. The second-order valence-electron chi connectivity index (χ2n) is 5.29. The van der Waals surface area contributed by atoms with Gasteiger partial charge in [-0.05, 0) is 18.3 Å². The highest BCUT2D eigenvalue weighted by Gasteiger charge is 2.42. The number of rotatable bonds is 0. The average Bonchev–Trinajstić information content (AvgIpc) is 2.03. The van der Waals surface area contributed by atoms with Gasteiger partial charge in [-0.15, -0.1) is 0 Å². The number of nitrogens with zero attached hydrogens (tertiary/aromatic N) is 1. The zero-order chi connectivity index (χ0) is 11.0. The number of piperidine rings is 1. The summed E-state index contributed by atoms with van der Waals surface area (Å²) in [6.45, 7) is 9.11. The zero-order valence-corrected chi connectivity index (χ0v) is 9.63. The molecule has 0 aromatic rings. The normalized spacial score (nSPS) is 22.2. The molecule has 1 saturated heterocycles.